The first kappa shape index (κ1) is 10.7. The van der Waals surface area contributed by atoms with Crippen LogP contribution in [-0.4, -0.2) is 22.5 Å². The van der Waals surface area contributed by atoms with E-state index in [1.807, 2.05) is 20.9 Å². The first-order chi connectivity index (χ1) is 6.47. The maximum atomic E-state index is 10.8. The van der Waals surface area contributed by atoms with E-state index in [9.17, 15) is 4.79 Å². The molecule has 0 saturated heterocycles. The molecule has 0 aliphatic rings. The number of carbonyl (C=O) groups is 1. The number of nitrogens with two attached hydrogens (primary N) is 1. The van der Waals surface area contributed by atoms with Crippen molar-refractivity contribution < 1.29 is 4.79 Å². The third kappa shape index (κ3) is 2.11. The van der Waals surface area contributed by atoms with Crippen molar-refractivity contribution in [2.24, 2.45) is 5.73 Å². The fourth-order valence-electron chi connectivity index (χ4n) is 1.26. The molecule has 1 aromatic rings. The molecule has 0 spiro atoms. The van der Waals surface area contributed by atoms with Crippen LogP contribution in [0.25, 0.3) is 0 Å². The Balaban J connectivity index is 2.98. The summed E-state index contributed by atoms with van der Waals surface area (Å²) in [5.41, 5.74) is 5.86. The predicted molar refractivity (Wildman–Crippen MR) is 53.5 cm³/mol. The van der Waals surface area contributed by atoms with Crippen molar-refractivity contribution in [2.45, 2.75) is 25.9 Å². The van der Waals surface area contributed by atoms with Crippen LogP contribution in [0.4, 0.5) is 0 Å². The Hall–Kier alpha value is -1.36. The molecule has 0 unspecified atom stereocenters. The highest BCUT2D eigenvalue weighted by atomic mass is 16.1. The number of hydrogen-bond donors (Lipinski definition) is 2. The number of hydrogen-bond acceptors (Lipinski definition) is 3. The molecule has 0 aliphatic heterocycles. The lowest BCUT2D eigenvalue weighted by Crippen LogP contribution is -2.36. The van der Waals surface area contributed by atoms with Gasteiger partial charge in [-0.25, -0.2) is 4.98 Å². The maximum absolute atomic E-state index is 10.8. The lowest BCUT2D eigenvalue weighted by Gasteiger charge is -2.24. The van der Waals surface area contributed by atoms with Crippen molar-refractivity contribution in [3.63, 3.8) is 0 Å². The Morgan fingerprint density at radius 2 is 2.36 bits per heavy atom. The SMILES string of the molecule is CNC(C)(C)c1cncn1CC(N)=O. The molecule has 3 N–H and O–H groups in total. The second-order valence-corrected chi connectivity index (χ2v) is 3.75. The third-order valence-electron chi connectivity index (χ3n) is 2.30. The summed E-state index contributed by atoms with van der Waals surface area (Å²) in [5, 5.41) is 3.14. The Morgan fingerprint density at radius 3 is 2.86 bits per heavy atom. The van der Waals surface area contributed by atoms with Crippen molar-refractivity contribution in [3.8, 4) is 0 Å². The van der Waals surface area contributed by atoms with Gasteiger partial charge in [0.25, 0.3) is 0 Å². The van der Waals surface area contributed by atoms with Gasteiger partial charge in [0.05, 0.1) is 23.8 Å². The minimum Gasteiger partial charge on any atom is -0.368 e. The van der Waals surface area contributed by atoms with E-state index in [1.54, 1.807) is 17.1 Å². The molecule has 0 bridgehead atoms. The molecule has 78 valence electrons. The van der Waals surface area contributed by atoms with Crippen molar-refractivity contribution in [3.05, 3.63) is 18.2 Å². The number of carbonyl (C=O) groups excluding carboxylic acids is 1. The highest BCUT2D eigenvalue weighted by Crippen LogP contribution is 2.18. The molecule has 0 atom stereocenters. The van der Waals surface area contributed by atoms with E-state index in [2.05, 4.69) is 10.3 Å². The molecule has 5 heteroatoms. The number of nitrogens with one attached hydrogen (secondary N) is 1. The van der Waals surface area contributed by atoms with Crippen LogP contribution >= 0.6 is 0 Å². The van der Waals surface area contributed by atoms with E-state index < -0.39 is 0 Å². The minimum atomic E-state index is -0.365. The topological polar surface area (TPSA) is 72.9 Å². The Bertz CT molecular complexity index is 329. The average molecular weight is 196 g/mol. The molecule has 0 aliphatic carbocycles. The molecule has 0 saturated carbocycles. The third-order valence-corrected chi connectivity index (χ3v) is 2.30. The van der Waals surface area contributed by atoms with E-state index in [0.29, 0.717) is 0 Å². The van der Waals surface area contributed by atoms with E-state index in [0.717, 1.165) is 5.69 Å². The van der Waals surface area contributed by atoms with Gasteiger partial charge in [0.2, 0.25) is 5.91 Å². The predicted octanol–water partition coefficient (Wildman–Crippen LogP) is -0.177. The van der Waals surface area contributed by atoms with Gasteiger partial charge in [0, 0.05) is 0 Å². The molecular formula is C9H16N4O. The summed E-state index contributed by atoms with van der Waals surface area (Å²) in [6, 6.07) is 0. The largest absolute Gasteiger partial charge is 0.368 e. The van der Waals surface area contributed by atoms with E-state index in [1.165, 1.54) is 0 Å². The van der Waals surface area contributed by atoms with Crippen LogP contribution in [-0.2, 0) is 16.9 Å². The van der Waals surface area contributed by atoms with Crippen molar-refractivity contribution >= 4 is 5.91 Å². The number of nitrogens with zero attached hydrogens (tertiary/aromatic N) is 2. The summed E-state index contributed by atoms with van der Waals surface area (Å²) >= 11 is 0. The van der Waals surface area contributed by atoms with Crippen LogP contribution in [0, 0.1) is 0 Å². The Morgan fingerprint density at radius 1 is 1.71 bits per heavy atom. The quantitative estimate of drug-likeness (QED) is 0.701. The normalized spacial score (nSPS) is 11.6. The summed E-state index contributed by atoms with van der Waals surface area (Å²) < 4.78 is 1.75. The zero-order chi connectivity index (χ0) is 10.8. The van der Waals surface area contributed by atoms with Gasteiger partial charge in [-0.2, -0.15) is 0 Å². The van der Waals surface area contributed by atoms with Crippen LogP contribution in [0.5, 0.6) is 0 Å². The van der Waals surface area contributed by atoms with Gasteiger partial charge in [0.15, 0.2) is 0 Å². The molecule has 0 fully saturated rings. The highest BCUT2D eigenvalue weighted by Gasteiger charge is 2.22. The second kappa shape index (κ2) is 3.79. The molecule has 5 nitrogen and oxygen atoms in total. The van der Waals surface area contributed by atoms with Crippen molar-refractivity contribution in [1.29, 1.82) is 0 Å². The van der Waals surface area contributed by atoms with Crippen LogP contribution < -0.4 is 11.1 Å². The van der Waals surface area contributed by atoms with Gasteiger partial charge >= 0.3 is 0 Å². The highest BCUT2D eigenvalue weighted by molar-refractivity contribution is 5.73. The van der Waals surface area contributed by atoms with Crippen molar-refractivity contribution in [2.75, 3.05) is 7.05 Å². The molecule has 1 aromatic heterocycles. The molecule has 1 amide bonds. The van der Waals surface area contributed by atoms with Gasteiger partial charge in [-0.1, -0.05) is 0 Å². The van der Waals surface area contributed by atoms with Gasteiger partial charge < -0.3 is 15.6 Å². The lowest BCUT2D eigenvalue weighted by molar-refractivity contribution is -0.118. The summed E-state index contributed by atoms with van der Waals surface area (Å²) in [6.07, 6.45) is 3.35. The van der Waals surface area contributed by atoms with Gasteiger partial charge in [-0.05, 0) is 20.9 Å². The van der Waals surface area contributed by atoms with Crippen molar-refractivity contribution in [1.82, 2.24) is 14.9 Å². The fourth-order valence-corrected chi connectivity index (χ4v) is 1.26. The fraction of sp³-hybridized carbons (Fsp3) is 0.556. The molecule has 14 heavy (non-hydrogen) atoms. The Kier molecular flexibility index (Phi) is 2.90. The van der Waals surface area contributed by atoms with E-state index >= 15 is 0 Å². The number of amides is 1. The van der Waals surface area contributed by atoms with E-state index in [4.69, 9.17) is 5.73 Å². The summed E-state index contributed by atoms with van der Waals surface area (Å²) in [6.45, 7) is 4.20. The van der Waals surface area contributed by atoms with Crippen LogP contribution in [0.3, 0.4) is 0 Å². The molecule has 1 heterocycles. The standard InChI is InChI=1S/C9H16N4O/c1-9(2,11-3)7-4-12-6-13(7)5-8(10)14/h4,6,11H,5H2,1-3H3,(H2,10,14). The maximum Gasteiger partial charge on any atom is 0.237 e. The smallest absolute Gasteiger partial charge is 0.237 e. The zero-order valence-electron chi connectivity index (χ0n) is 8.74. The first-order valence-electron chi connectivity index (χ1n) is 4.45. The zero-order valence-corrected chi connectivity index (χ0v) is 8.74. The molecule has 1 rings (SSSR count). The van der Waals surface area contributed by atoms with Gasteiger partial charge in [0.1, 0.15) is 6.54 Å². The van der Waals surface area contributed by atoms with Gasteiger partial charge in [-0.3, -0.25) is 4.79 Å². The number of rotatable bonds is 4. The lowest BCUT2D eigenvalue weighted by atomic mass is 10.0. The summed E-state index contributed by atoms with van der Waals surface area (Å²) in [7, 11) is 1.86. The molecular weight excluding hydrogens is 180 g/mol. The average Bonchev–Trinajstić information content (AvgIpc) is 2.52. The van der Waals surface area contributed by atoms with Crippen LogP contribution in [0.2, 0.25) is 0 Å². The monoisotopic (exact) mass is 196 g/mol. The minimum absolute atomic E-state index is 0.167. The second-order valence-electron chi connectivity index (χ2n) is 3.75. The van der Waals surface area contributed by atoms with Crippen LogP contribution in [0.1, 0.15) is 19.5 Å². The van der Waals surface area contributed by atoms with E-state index in [-0.39, 0.29) is 18.0 Å². The summed E-state index contributed by atoms with van der Waals surface area (Å²) in [4.78, 5) is 14.8. The number of imidazole rings is 1. The number of aromatic nitrogens is 2. The van der Waals surface area contributed by atoms with Crippen LogP contribution in [0.15, 0.2) is 12.5 Å². The Labute approximate surface area is 83.3 Å². The first-order valence-corrected chi connectivity index (χ1v) is 4.45. The molecule has 0 radical (unpaired) electrons. The van der Waals surface area contributed by atoms with Gasteiger partial charge in [-0.15, -0.1) is 0 Å². The number of primary amides is 1. The molecule has 0 aromatic carbocycles. The summed E-state index contributed by atoms with van der Waals surface area (Å²) in [5.74, 6) is -0.365.